The van der Waals surface area contributed by atoms with Gasteiger partial charge >= 0.3 is 0 Å². The van der Waals surface area contributed by atoms with Crippen LogP contribution in [-0.4, -0.2) is 49.0 Å². The molecule has 4 nitrogen and oxygen atoms in total. The number of fused-ring (bicyclic) bond motifs is 1. The zero-order chi connectivity index (χ0) is 25.6. The average Bonchev–Trinajstić information content (AvgIpc) is 3.27. The van der Waals surface area contributed by atoms with Crippen molar-refractivity contribution < 1.29 is 19.0 Å². The molecule has 0 spiro atoms. The van der Waals surface area contributed by atoms with Crippen LogP contribution in [0.2, 0.25) is 0 Å². The Kier molecular flexibility index (Phi) is 8.10. The Hall–Kier alpha value is -3.31. The summed E-state index contributed by atoms with van der Waals surface area (Å²) in [6.45, 7) is 4.98. The van der Waals surface area contributed by atoms with Crippen molar-refractivity contribution in [1.82, 2.24) is 4.90 Å². The fourth-order valence-corrected chi connectivity index (χ4v) is 5.61. The molecule has 1 saturated heterocycles. The average molecular weight is 502 g/mol. The minimum Gasteiger partial charge on any atom is -0.508 e. The van der Waals surface area contributed by atoms with E-state index in [9.17, 15) is 9.50 Å². The number of phenolic OH excluding ortho intramolecular Hbond substituents is 1. The summed E-state index contributed by atoms with van der Waals surface area (Å²) >= 11 is 0. The lowest BCUT2D eigenvalue weighted by atomic mass is 9.87. The van der Waals surface area contributed by atoms with Gasteiger partial charge in [0, 0.05) is 19.6 Å². The zero-order valence-corrected chi connectivity index (χ0v) is 21.6. The highest BCUT2D eigenvalue weighted by Gasteiger charge is 2.24. The Morgan fingerprint density at radius 2 is 1.84 bits per heavy atom. The normalized spacial score (nSPS) is 17.9. The molecule has 5 rings (SSSR count). The van der Waals surface area contributed by atoms with Gasteiger partial charge in [-0.2, -0.15) is 0 Å². The Morgan fingerprint density at radius 3 is 2.65 bits per heavy atom. The van der Waals surface area contributed by atoms with Crippen molar-refractivity contribution in [3.8, 4) is 17.2 Å². The number of phenols is 1. The molecule has 1 aliphatic heterocycles. The van der Waals surface area contributed by atoms with Crippen LogP contribution in [0.25, 0.3) is 11.1 Å². The zero-order valence-electron chi connectivity index (χ0n) is 21.6. The molecule has 3 aromatic carbocycles. The lowest BCUT2D eigenvalue weighted by Crippen LogP contribution is -2.26. The van der Waals surface area contributed by atoms with Crippen LogP contribution in [0.3, 0.4) is 0 Å². The lowest BCUT2D eigenvalue weighted by molar-refractivity contribution is 0.198. The minimum absolute atomic E-state index is 0.142. The maximum Gasteiger partial charge on any atom is 0.119 e. The third-order valence-corrected chi connectivity index (χ3v) is 7.31. The van der Waals surface area contributed by atoms with Gasteiger partial charge < -0.3 is 14.6 Å². The van der Waals surface area contributed by atoms with Gasteiger partial charge in [0.2, 0.25) is 0 Å². The van der Waals surface area contributed by atoms with Crippen LogP contribution in [0.5, 0.6) is 17.2 Å². The second-order valence-electron chi connectivity index (χ2n) is 9.91. The highest BCUT2D eigenvalue weighted by molar-refractivity contribution is 6.00. The molecule has 0 aromatic heterocycles. The number of alkyl halides is 1. The molecular weight excluding hydrogens is 465 g/mol. The number of benzene rings is 3. The van der Waals surface area contributed by atoms with E-state index in [4.69, 9.17) is 9.47 Å². The van der Waals surface area contributed by atoms with E-state index in [1.54, 1.807) is 6.07 Å². The van der Waals surface area contributed by atoms with E-state index in [1.165, 1.54) is 27.8 Å². The predicted molar refractivity (Wildman–Crippen MR) is 147 cm³/mol. The molecule has 37 heavy (non-hydrogen) atoms. The van der Waals surface area contributed by atoms with Crippen molar-refractivity contribution in [2.75, 3.05) is 32.9 Å². The lowest BCUT2D eigenvalue weighted by Gasteiger charge is -2.19. The van der Waals surface area contributed by atoms with Gasteiger partial charge in [-0.1, -0.05) is 30.3 Å². The number of aromatic hydroxyl groups is 1. The summed E-state index contributed by atoms with van der Waals surface area (Å²) in [5.74, 6) is 2.05. The van der Waals surface area contributed by atoms with Gasteiger partial charge in [-0.15, -0.1) is 0 Å². The first kappa shape index (κ1) is 25.3. The summed E-state index contributed by atoms with van der Waals surface area (Å²) in [4.78, 5) is 2.28. The molecule has 1 aliphatic carbocycles. The third kappa shape index (κ3) is 5.99. The molecular formula is C32H36FNO3. The van der Waals surface area contributed by atoms with Crippen LogP contribution in [0.4, 0.5) is 4.39 Å². The molecule has 1 unspecified atom stereocenters. The van der Waals surface area contributed by atoms with Gasteiger partial charge in [-0.25, -0.2) is 0 Å². The topological polar surface area (TPSA) is 41.9 Å². The largest absolute Gasteiger partial charge is 0.508 e. The summed E-state index contributed by atoms with van der Waals surface area (Å²) in [5, 5.41) is 10.2. The predicted octanol–water partition coefficient (Wildman–Crippen LogP) is 6.90. The van der Waals surface area contributed by atoms with Crippen LogP contribution in [0.15, 0.2) is 66.7 Å². The van der Waals surface area contributed by atoms with Crippen molar-refractivity contribution in [2.24, 2.45) is 0 Å². The van der Waals surface area contributed by atoms with Gasteiger partial charge in [-0.05, 0) is 109 Å². The van der Waals surface area contributed by atoms with Gasteiger partial charge in [0.25, 0.3) is 0 Å². The standard InChI is InChI=1S/C32H36FNO3/c1-2-36-28-8-3-6-25(21-28)30-9-4-7-24-20-26(35)12-15-31(24)32(30)23-10-13-27(14-11-23)37-29-16-19-34(22-29)18-5-17-33/h3,6,8,10-15,20-21,29,35H,2,4-5,7,9,16-19,22H2,1H3. The summed E-state index contributed by atoms with van der Waals surface area (Å²) in [7, 11) is 0. The smallest absolute Gasteiger partial charge is 0.119 e. The Morgan fingerprint density at radius 1 is 0.973 bits per heavy atom. The van der Waals surface area contributed by atoms with Gasteiger partial charge in [0.15, 0.2) is 0 Å². The Labute approximate surface area is 219 Å². The van der Waals surface area contributed by atoms with E-state index in [0.717, 1.165) is 62.4 Å². The quantitative estimate of drug-likeness (QED) is 0.346. The van der Waals surface area contributed by atoms with Crippen LogP contribution in [-0.2, 0) is 6.42 Å². The molecule has 2 aliphatic rings. The van der Waals surface area contributed by atoms with Gasteiger partial charge in [-0.3, -0.25) is 9.29 Å². The van der Waals surface area contributed by atoms with E-state index >= 15 is 0 Å². The highest BCUT2D eigenvalue weighted by Crippen LogP contribution is 2.41. The van der Waals surface area contributed by atoms with Gasteiger partial charge in [0.05, 0.1) is 13.3 Å². The molecule has 1 N–H and O–H groups in total. The molecule has 194 valence electrons. The first-order valence-corrected chi connectivity index (χ1v) is 13.5. The van der Waals surface area contributed by atoms with Crippen LogP contribution >= 0.6 is 0 Å². The summed E-state index contributed by atoms with van der Waals surface area (Å²) in [6.07, 6.45) is 4.57. The number of hydrogen-bond acceptors (Lipinski definition) is 4. The fraction of sp³-hybridized carbons (Fsp3) is 0.375. The molecule has 3 aromatic rings. The molecule has 0 bridgehead atoms. The molecule has 0 radical (unpaired) electrons. The summed E-state index contributed by atoms with van der Waals surface area (Å²) in [6, 6.07) is 22.5. The molecule has 1 atom stereocenters. The van der Waals surface area contributed by atoms with Gasteiger partial charge in [0.1, 0.15) is 23.4 Å². The molecule has 1 fully saturated rings. The van der Waals surface area contributed by atoms with E-state index in [0.29, 0.717) is 18.8 Å². The van der Waals surface area contributed by atoms with E-state index in [1.807, 2.05) is 25.1 Å². The first-order chi connectivity index (χ1) is 18.1. The number of likely N-dealkylation sites (tertiary alicyclic amines) is 1. The SMILES string of the molecule is CCOc1cccc(C2=C(c3ccc(OC4CCN(CCCF)C4)cc3)c3ccc(O)cc3CCC2)c1. The van der Waals surface area contributed by atoms with E-state index < -0.39 is 0 Å². The number of halogens is 1. The number of nitrogens with zero attached hydrogens (tertiary/aromatic N) is 1. The Balaban J connectivity index is 1.47. The number of allylic oxidation sites excluding steroid dienone is 1. The monoisotopic (exact) mass is 501 g/mol. The van der Waals surface area contributed by atoms with Crippen LogP contribution < -0.4 is 9.47 Å². The summed E-state index contributed by atoms with van der Waals surface area (Å²) in [5.41, 5.74) is 7.13. The van der Waals surface area contributed by atoms with E-state index in [2.05, 4.69) is 47.4 Å². The van der Waals surface area contributed by atoms with Crippen molar-refractivity contribution >= 4 is 11.1 Å². The van der Waals surface area contributed by atoms with Crippen LogP contribution in [0, 0.1) is 0 Å². The molecule has 0 saturated carbocycles. The molecule has 5 heteroatoms. The maximum absolute atomic E-state index is 12.5. The number of aryl methyl sites for hydroxylation is 1. The van der Waals surface area contributed by atoms with Crippen molar-refractivity contribution in [3.63, 3.8) is 0 Å². The highest BCUT2D eigenvalue weighted by atomic mass is 19.1. The molecule has 0 amide bonds. The summed E-state index contributed by atoms with van der Waals surface area (Å²) < 4.78 is 24.6. The second-order valence-corrected chi connectivity index (χ2v) is 9.91. The number of ether oxygens (including phenoxy) is 2. The van der Waals surface area contributed by atoms with Crippen molar-refractivity contribution in [2.45, 2.75) is 45.1 Å². The van der Waals surface area contributed by atoms with Crippen molar-refractivity contribution in [3.05, 3.63) is 89.0 Å². The molecule has 1 heterocycles. The maximum atomic E-state index is 12.5. The fourth-order valence-electron chi connectivity index (χ4n) is 5.61. The first-order valence-electron chi connectivity index (χ1n) is 13.5. The van der Waals surface area contributed by atoms with Crippen molar-refractivity contribution in [1.29, 1.82) is 0 Å². The minimum atomic E-state index is -0.264. The van der Waals surface area contributed by atoms with E-state index in [-0.39, 0.29) is 12.8 Å². The van der Waals surface area contributed by atoms with Crippen LogP contribution in [0.1, 0.15) is 54.9 Å². The number of hydrogen-bond donors (Lipinski definition) is 1. The number of rotatable bonds is 9. The third-order valence-electron chi connectivity index (χ3n) is 7.31. The Bertz CT molecular complexity index is 1240. The second kappa shape index (κ2) is 11.8.